The summed E-state index contributed by atoms with van der Waals surface area (Å²) >= 11 is 0. The summed E-state index contributed by atoms with van der Waals surface area (Å²) in [4.78, 5) is 26.1. The van der Waals surface area contributed by atoms with E-state index in [1.165, 1.54) is 0 Å². The fourth-order valence-electron chi connectivity index (χ4n) is 2.07. The zero-order chi connectivity index (χ0) is 13.4. The van der Waals surface area contributed by atoms with E-state index in [1.54, 1.807) is 0 Å². The molecule has 0 aromatic carbocycles. The van der Waals surface area contributed by atoms with Crippen LogP contribution in [0.25, 0.3) is 0 Å². The average Bonchev–Trinajstić information content (AvgIpc) is 2.35. The number of carboxylic acid groups (broad SMARTS) is 1. The Morgan fingerprint density at radius 2 is 1.61 bits per heavy atom. The number of hydrogen-bond donors (Lipinski definition) is 2. The molecule has 1 rings (SSSR count). The van der Waals surface area contributed by atoms with Crippen molar-refractivity contribution in [1.82, 2.24) is 9.80 Å². The standard InChI is InChI=1S/C12H22N2O4/c15-10-9-13-5-7-14(8-6-13)11(16)3-1-2-4-12(17)18/h15H,1-10H2,(H,17,18). The van der Waals surface area contributed by atoms with E-state index in [-0.39, 0.29) is 18.9 Å². The van der Waals surface area contributed by atoms with Gasteiger partial charge in [0.05, 0.1) is 6.61 Å². The lowest BCUT2D eigenvalue weighted by molar-refractivity contribution is -0.138. The first-order chi connectivity index (χ1) is 8.63. The summed E-state index contributed by atoms with van der Waals surface area (Å²) in [5, 5.41) is 17.3. The van der Waals surface area contributed by atoms with E-state index in [0.29, 0.717) is 38.9 Å². The van der Waals surface area contributed by atoms with E-state index in [4.69, 9.17) is 10.2 Å². The van der Waals surface area contributed by atoms with Gasteiger partial charge in [0.2, 0.25) is 5.91 Å². The van der Waals surface area contributed by atoms with E-state index in [0.717, 1.165) is 13.1 Å². The lowest BCUT2D eigenvalue weighted by Crippen LogP contribution is -2.49. The third kappa shape index (κ3) is 5.46. The van der Waals surface area contributed by atoms with Gasteiger partial charge in [-0.2, -0.15) is 0 Å². The van der Waals surface area contributed by atoms with Crippen LogP contribution in [0.4, 0.5) is 0 Å². The number of amides is 1. The van der Waals surface area contributed by atoms with Crippen molar-refractivity contribution in [2.24, 2.45) is 0 Å². The Morgan fingerprint density at radius 1 is 1.00 bits per heavy atom. The van der Waals surface area contributed by atoms with Gasteiger partial charge < -0.3 is 15.1 Å². The smallest absolute Gasteiger partial charge is 0.303 e. The molecule has 0 unspecified atom stereocenters. The number of piperazine rings is 1. The first-order valence-electron chi connectivity index (χ1n) is 6.46. The van der Waals surface area contributed by atoms with Gasteiger partial charge >= 0.3 is 5.97 Å². The number of unbranched alkanes of at least 4 members (excludes halogenated alkanes) is 1. The maximum Gasteiger partial charge on any atom is 0.303 e. The first-order valence-corrected chi connectivity index (χ1v) is 6.46. The van der Waals surface area contributed by atoms with Crippen molar-refractivity contribution in [2.75, 3.05) is 39.3 Å². The highest BCUT2D eigenvalue weighted by Crippen LogP contribution is 2.07. The number of rotatable bonds is 7. The van der Waals surface area contributed by atoms with E-state index in [2.05, 4.69) is 4.90 Å². The molecule has 0 aromatic heterocycles. The number of carbonyl (C=O) groups excluding carboxylic acids is 1. The highest BCUT2D eigenvalue weighted by atomic mass is 16.4. The summed E-state index contributed by atoms with van der Waals surface area (Å²) in [6.07, 6.45) is 1.78. The molecule has 0 aliphatic carbocycles. The van der Waals surface area contributed by atoms with Gasteiger partial charge in [-0.25, -0.2) is 0 Å². The Morgan fingerprint density at radius 3 is 2.17 bits per heavy atom. The van der Waals surface area contributed by atoms with Crippen LogP contribution in [-0.4, -0.2) is 71.2 Å². The third-order valence-electron chi connectivity index (χ3n) is 3.17. The molecule has 1 heterocycles. The molecule has 1 saturated heterocycles. The van der Waals surface area contributed by atoms with Crippen molar-refractivity contribution >= 4 is 11.9 Å². The molecule has 0 saturated carbocycles. The second kappa shape index (κ2) is 8.05. The van der Waals surface area contributed by atoms with Crippen LogP contribution in [0.5, 0.6) is 0 Å². The summed E-state index contributed by atoms with van der Waals surface area (Å²) in [7, 11) is 0. The highest BCUT2D eigenvalue weighted by molar-refractivity contribution is 5.76. The van der Waals surface area contributed by atoms with Crippen molar-refractivity contribution in [3.8, 4) is 0 Å². The fourth-order valence-corrected chi connectivity index (χ4v) is 2.07. The van der Waals surface area contributed by atoms with Crippen LogP contribution >= 0.6 is 0 Å². The Hall–Kier alpha value is -1.14. The number of carbonyl (C=O) groups is 2. The van der Waals surface area contributed by atoms with Crippen LogP contribution in [-0.2, 0) is 9.59 Å². The zero-order valence-corrected chi connectivity index (χ0v) is 10.7. The van der Waals surface area contributed by atoms with Crippen molar-refractivity contribution in [3.05, 3.63) is 0 Å². The van der Waals surface area contributed by atoms with Gasteiger partial charge in [0.25, 0.3) is 0 Å². The Bertz CT molecular complexity index is 275. The third-order valence-corrected chi connectivity index (χ3v) is 3.17. The largest absolute Gasteiger partial charge is 0.481 e. The van der Waals surface area contributed by atoms with Crippen LogP contribution in [0.2, 0.25) is 0 Å². The van der Waals surface area contributed by atoms with Crippen LogP contribution < -0.4 is 0 Å². The summed E-state index contributed by atoms with van der Waals surface area (Å²) in [6, 6.07) is 0. The molecule has 0 bridgehead atoms. The summed E-state index contributed by atoms with van der Waals surface area (Å²) in [6.45, 7) is 3.85. The van der Waals surface area contributed by atoms with Gasteiger partial charge in [0.15, 0.2) is 0 Å². The summed E-state index contributed by atoms with van der Waals surface area (Å²) < 4.78 is 0. The van der Waals surface area contributed by atoms with Gasteiger partial charge in [-0.1, -0.05) is 0 Å². The lowest BCUT2D eigenvalue weighted by atomic mass is 10.1. The number of β-amino-alcohol motifs (C(OH)–C–C–N with tert-alkyl or cyclic N) is 1. The number of nitrogens with zero attached hydrogens (tertiary/aromatic N) is 2. The molecule has 0 radical (unpaired) electrons. The van der Waals surface area contributed by atoms with E-state index in [1.807, 2.05) is 4.90 Å². The molecule has 1 aliphatic rings. The monoisotopic (exact) mass is 258 g/mol. The summed E-state index contributed by atoms with van der Waals surface area (Å²) in [5.74, 6) is -0.691. The molecule has 104 valence electrons. The molecule has 2 N–H and O–H groups in total. The number of aliphatic hydroxyl groups is 1. The SMILES string of the molecule is O=C(O)CCCCC(=O)N1CCN(CCO)CC1. The minimum absolute atomic E-state index is 0.115. The molecular weight excluding hydrogens is 236 g/mol. The second-order valence-corrected chi connectivity index (χ2v) is 4.55. The molecule has 1 aliphatic heterocycles. The predicted octanol–water partition coefficient (Wildman–Crippen LogP) is -0.232. The molecule has 18 heavy (non-hydrogen) atoms. The van der Waals surface area contributed by atoms with Crippen molar-refractivity contribution < 1.29 is 19.8 Å². The zero-order valence-electron chi connectivity index (χ0n) is 10.7. The molecule has 0 aromatic rings. The van der Waals surface area contributed by atoms with E-state index < -0.39 is 5.97 Å². The molecule has 0 spiro atoms. The molecule has 6 heteroatoms. The average molecular weight is 258 g/mol. The molecule has 0 atom stereocenters. The van der Waals surface area contributed by atoms with E-state index in [9.17, 15) is 9.59 Å². The minimum Gasteiger partial charge on any atom is -0.481 e. The Balaban J connectivity index is 2.14. The molecule has 6 nitrogen and oxygen atoms in total. The van der Waals surface area contributed by atoms with Gasteiger partial charge in [-0.05, 0) is 12.8 Å². The van der Waals surface area contributed by atoms with Gasteiger partial charge in [-0.3, -0.25) is 14.5 Å². The lowest BCUT2D eigenvalue weighted by Gasteiger charge is -2.34. The minimum atomic E-state index is -0.805. The highest BCUT2D eigenvalue weighted by Gasteiger charge is 2.20. The fraction of sp³-hybridized carbons (Fsp3) is 0.833. The normalized spacial score (nSPS) is 16.8. The topological polar surface area (TPSA) is 81.1 Å². The van der Waals surface area contributed by atoms with Crippen LogP contribution in [0.15, 0.2) is 0 Å². The first kappa shape index (κ1) is 14.9. The number of carboxylic acids is 1. The molecule has 1 amide bonds. The van der Waals surface area contributed by atoms with Crippen LogP contribution in [0.3, 0.4) is 0 Å². The van der Waals surface area contributed by atoms with Gasteiger partial charge in [0, 0.05) is 45.6 Å². The second-order valence-electron chi connectivity index (χ2n) is 4.55. The maximum atomic E-state index is 11.8. The number of aliphatic carboxylic acids is 1. The number of aliphatic hydroxyl groups excluding tert-OH is 1. The van der Waals surface area contributed by atoms with E-state index >= 15 is 0 Å². The van der Waals surface area contributed by atoms with Crippen molar-refractivity contribution in [1.29, 1.82) is 0 Å². The summed E-state index contributed by atoms with van der Waals surface area (Å²) in [5.41, 5.74) is 0. The molecular formula is C12H22N2O4. The Labute approximate surface area is 107 Å². The van der Waals surface area contributed by atoms with Crippen molar-refractivity contribution in [2.45, 2.75) is 25.7 Å². The molecule has 1 fully saturated rings. The number of hydrogen-bond acceptors (Lipinski definition) is 4. The Kier molecular flexibility index (Phi) is 6.67. The quantitative estimate of drug-likeness (QED) is 0.616. The van der Waals surface area contributed by atoms with Gasteiger partial charge in [-0.15, -0.1) is 0 Å². The van der Waals surface area contributed by atoms with Gasteiger partial charge in [0.1, 0.15) is 0 Å². The van der Waals surface area contributed by atoms with Crippen molar-refractivity contribution in [3.63, 3.8) is 0 Å². The maximum absolute atomic E-state index is 11.8. The predicted molar refractivity (Wildman–Crippen MR) is 66.2 cm³/mol. The van der Waals surface area contributed by atoms with Crippen LogP contribution in [0, 0.1) is 0 Å². The van der Waals surface area contributed by atoms with Crippen LogP contribution in [0.1, 0.15) is 25.7 Å².